The molecule has 1 aliphatic heterocycles. The highest BCUT2D eigenvalue weighted by Crippen LogP contribution is 2.12. The molecule has 0 aromatic carbocycles. The van der Waals surface area contributed by atoms with Crippen LogP contribution in [0.3, 0.4) is 0 Å². The smallest absolute Gasteiger partial charge is 0.253 e. The second-order valence-electron chi connectivity index (χ2n) is 3.63. The maximum atomic E-state index is 11.1. The van der Waals surface area contributed by atoms with Gasteiger partial charge in [0.2, 0.25) is 5.91 Å². The first-order chi connectivity index (χ1) is 6.74. The molecule has 0 unspecified atom stereocenters. The van der Waals surface area contributed by atoms with Crippen LogP contribution in [0.15, 0.2) is 11.6 Å². The molecule has 1 saturated heterocycles. The Hall–Kier alpha value is -1.12. The van der Waals surface area contributed by atoms with Crippen LogP contribution in [0.4, 0.5) is 0 Å². The van der Waals surface area contributed by atoms with Gasteiger partial charge in [0.1, 0.15) is 0 Å². The molecule has 14 heavy (non-hydrogen) atoms. The Labute approximate surface area is 84.6 Å². The van der Waals surface area contributed by atoms with Crippen molar-refractivity contribution in [1.29, 1.82) is 0 Å². The third-order valence-corrected chi connectivity index (χ3v) is 2.34. The van der Waals surface area contributed by atoms with E-state index in [4.69, 9.17) is 0 Å². The van der Waals surface area contributed by atoms with E-state index in [9.17, 15) is 9.59 Å². The van der Waals surface area contributed by atoms with Gasteiger partial charge < -0.3 is 0 Å². The lowest BCUT2D eigenvalue weighted by molar-refractivity contribution is -0.124. The number of hydrogen-bond donors (Lipinski definition) is 1. The number of amides is 2. The molecule has 0 aromatic rings. The summed E-state index contributed by atoms with van der Waals surface area (Å²) in [4.78, 5) is 21.9. The van der Waals surface area contributed by atoms with Crippen molar-refractivity contribution in [3.63, 3.8) is 0 Å². The fraction of sp³-hybridized carbons (Fsp3) is 0.636. The lowest BCUT2D eigenvalue weighted by Crippen LogP contribution is -2.19. The Kier molecular flexibility index (Phi) is 4.36. The molecule has 3 nitrogen and oxygen atoms in total. The highest BCUT2D eigenvalue weighted by molar-refractivity contribution is 6.13. The second kappa shape index (κ2) is 5.58. The number of hydrogen-bond acceptors (Lipinski definition) is 2. The number of carbonyl (C=O) groups excluding carboxylic acids is 2. The van der Waals surface area contributed by atoms with E-state index in [1.54, 1.807) is 0 Å². The van der Waals surface area contributed by atoms with Gasteiger partial charge in [0.25, 0.3) is 5.91 Å². The summed E-state index contributed by atoms with van der Waals surface area (Å²) in [6.07, 6.45) is 7.86. The molecule has 1 aliphatic rings. The van der Waals surface area contributed by atoms with Gasteiger partial charge in [0, 0.05) is 5.57 Å². The normalized spacial score (nSPS) is 19.1. The third-order valence-electron chi connectivity index (χ3n) is 2.34. The van der Waals surface area contributed by atoms with Crippen LogP contribution in [-0.4, -0.2) is 11.8 Å². The van der Waals surface area contributed by atoms with Gasteiger partial charge in [-0.05, 0) is 12.8 Å². The van der Waals surface area contributed by atoms with Crippen molar-refractivity contribution in [2.24, 2.45) is 0 Å². The molecule has 0 aliphatic carbocycles. The van der Waals surface area contributed by atoms with Crippen LogP contribution < -0.4 is 5.32 Å². The monoisotopic (exact) mass is 195 g/mol. The molecule has 1 N–H and O–H groups in total. The summed E-state index contributed by atoms with van der Waals surface area (Å²) in [5.74, 6) is -0.375. The molecule has 1 heterocycles. The van der Waals surface area contributed by atoms with E-state index in [0.717, 1.165) is 12.8 Å². The molecule has 0 atom stereocenters. The lowest BCUT2D eigenvalue weighted by Gasteiger charge is -1.95. The second-order valence-corrected chi connectivity index (χ2v) is 3.63. The maximum absolute atomic E-state index is 11.1. The van der Waals surface area contributed by atoms with E-state index in [2.05, 4.69) is 12.2 Å². The molecular formula is C11H17NO2. The topological polar surface area (TPSA) is 46.2 Å². The molecule has 3 heteroatoms. The van der Waals surface area contributed by atoms with E-state index >= 15 is 0 Å². The fourth-order valence-corrected chi connectivity index (χ4v) is 1.52. The van der Waals surface area contributed by atoms with Gasteiger partial charge in [-0.2, -0.15) is 0 Å². The molecule has 0 bridgehead atoms. The molecule has 0 aromatic heterocycles. The Morgan fingerprint density at radius 3 is 2.64 bits per heavy atom. The van der Waals surface area contributed by atoms with Gasteiger partial charge in [-0.15, -0.1) is 0 Å². The Balaban J connectivity index is 2.24. The third kappa shape index (κ3) is 3.32. The lowest BCUT2D eigenvalue weighted by atomic mass is 10.1. The number of unbranched alkanes of at least 4 members (excludes halogenated alkanes) is 4. The summed E-state index contributed by atoms with van der Waals surface area (Å²) in [6.45, 7) is 2.17. The zero-order valence-corrected chi connectivity index (χ0v) is 8.64. The predicted octanol–water partition coefficient (Wildman–Crippen LogP) is 1.93. The van der Waals surface area contributed by atoms with E-state index in [-0.39, 0.29) is 18.2 Å². The van der Waals surface area contributed by atoms with Crippen molar-refractivity contribution >= 4 is 11.8 Å². The summed E-state index contributed by atoms with van der Waals surface area (Å²) < 4.78 is 0. The van der Waals surface area contributed by atoms with E-state index < -0.39 is 0 Å². The van der Waals surface area contributed by atoms with Crippen LogP contribution in [0.25, 0.3) is 0 Å². The predicted molar refractivity (Wildman–Crippen MR) is 54.6 cm³/mol. The first kappa shape index (κ1) is 11.0. The molecule has 1 fully saturated rings. The highest BCUT2D eigenvalue weighted by atomic mass is 16.2. The average molecular weight is 195 g/mol. The maximum Gasteiger partial charge on any atom is 0.253 e. The van der Waals surface area contributed by atoms with Gasteiger partial charge in [-0.25, -0.2) is 0 Å². The zero-order valence-electron chi connectivity index (χ0n) is 8.64. The first-order valence-electron chi connectivity index (χ1n) is 5.27. The van der Waals surface area contributed by atoms with E-state index in [0.29, 0.717) is 5.57 Å². The number of imide groups is 1. The SMILES string of the molecule is CCCCCCC=C1CC(=O)NC1=O. The van der Waals surface area contributed by atoms with Crippen molar-refractivity contribution < 1.29 is 9.59 Å². The fourth-order valence-electron chi connectivity index (χ4n) is 1.52. The van der Waals surface area contributed by atoms with E-state index in [1.807, 2.05) is 6.08 Å². The van der Waals surface area contributed by atoms with Crippen LogP contribution in [0.5, 0.6) is 0 Å². The minimum atomic E-state index is -0.203. The average Bonchev–Trinajstić information content (AvgIpc) is 2.45. The van der Waals surface area contributed by atoms with E-state index in [1.165, 1.54) is 19.3 Å². The molecule has 1 rings (SSSR count). The minimum Gasteiger partial charge on any atom is -0.292 e. The number of rotatable bonds is 5. The van der Waals surface area contributed by atoms with Crippen molar-refractivity contribution in [2.45, 2.75) is 45.4 Å². The number of carbonyl (C=O) groups is 2. The van der Waals surface area contributed by atoms with Crippen molar-refractivity contribution in [3.8, 4) is 0 Å². The van der Waals surface area contributed by atoms with Gasteiger partial charge in [-0.3, -0.25) is 14.9 Å². The van der Waals surface area contributed by atoms with Gasteiger partial charge in [0.15, 0.2) is 0 Å². The molecule has 78 valence electrons. The molecule has 0 radical (unpaired) electrons. The van der Waals surface area contributed by atoms with Gasteiger partial charge in [0.05, 0.1) is 6.42 Å². The van der Waals surface area contributed by atoms with Gasteiger partial charge in [-0.1, -0.05) is 32.3 Å². The van der Waals surface area contributed by atoms with Crippen LogP contribution in [0.2, 0.25) is 0 Å². The Morgan fingerprint density at radius 1 is 1.29 bits per heavy atom. The number of nitrogens with one attached hydrogen (secondary N) is 1. The largest absolute Gasteiger partial charge is 0.292 e. The number of allylic oxidation sites excluding steroid dienone is 1. The Bertz CT molecular complexity index is 256. The first-order valence-corrected chi connectivity index (χ1v) is 5.27. The van der Waals surface area contributed by atoms with Gasteiger partial charge >= 0.3 is 0 Å². The quantitative estimate of drug-likeness (QED) is 0.414. The van der Waals surface area contributed by atoms with Crippen LogP contribution in [0, 0.1) is 0 Å². The van der Waals surface area contributed by atoms with Crippen molar-refractivity contribution in [1.82, 2.24) is 5.32 Å². The van der Waals surface area contributed by atoms with Crippen molar-refractivity contribution in [2.75, 3.05) is 0 Å². The van der Waals surface area contributed by atoms with Crippen molar-refractivity contribution in [3.05, 3.63) is 11.6 Å². The minimum absolute atomic E-state index is 0.171. The Morgan fingerprint density at radius 2 is 2.07 bits per heavy atom. The summed E-state index contributed by atoms with van der Waals surface area (Å²) in [7, 11) is 0. The molecular weight excluding hydrogens is 178 g/mol. The van der Waals surface area contributed by atoms with Crippen LogP contribution >= 0.6 is 0 Å². The summed E-state index contributed by atoms with van der Waals surface area (Å²) in [5.41, 5.74) is 0.645. The molecule has 0 saturated carbocycles. The molecule has 2 amide bonds. The van der Waals surface area contributed by atoms with Crippen LogP contribution in [0.1, 0.15) is 45.4 Å². The molecule has 0 spiro atoms. The summed E-state index contributed by atoms with van der Waals surface area (Å²) in [5, 5.41) is 2.27. The van der Waals surface area contributed by atoms with Crippen LogP contribution in [-0.2, 0) is 9.59 Å². The highest BCUT2D eigenvalue weighted by Gasteiger charge is 2.22. The summed E-state index contributed by atoms with van der Waals surface area (Å²) in [6, 6.07) is 0. The standard InChI is InChI=1S/C11H17NO2/c1-2-3-4-5-6-7-9-8-10(13)12-11(9)14/h7H,2-6,8H2,1H3,(H,12,13,14). The zero-order chi connectivity index (χ0) is 10.4. The summed E-state index contributed by atoms with van der Waals surface area (Å²) >= 11 is 0.